The van der Waals surface area contributed by atoms with Crippen LogP contribution >= 0.6 is 11.8 Å². The minimum atomic E-state index is -0.362. The molecule has 0 aliphatic carbocycles. The van der Waals surface area contributed by atoms with Gasteiger partial charge in [-0.15, -0.1) is 0 Å². The molecule has 0 aliphatic heterocycles. The fourth-order valence-electron chi connectivity index (χ4n) is 1.70. The topological polar surface area (TPSA) is 88.8 Å². The van der Waals surface area contributed by atoms with Crippen LogP contribution in [-0.2, 0) is 0 Å². The van der Waals surface area contributed by atoms with Gasteiger partial charge in [-0.3, -0.25) is 9.59 Å². The number of carbonyl (C=O) groups is 1. The van der Waals surface area contributed by atoms with Gasteiger partial charge in [0.2, 0.25) is 0 Å². The number of nitrogens with zero attached hydrogens (tertiary/aromatic N) is 1. The van der Waals surface area contributed by atoms with Crippen molar-refractivity contribution in [3.8, 4) is 0 Å². The van der Waals surface area contributed by atoms with Crippen molar-refractivity contribution in [1.82, 2.24) is 9.97 Å². The van der Waals surface area contributed by atoms with Crippen molar-refractivity contribution in [2.45, 2.75) is 18.0 Å². The van der Waals surface area contributed by atoms with Crippen LogP contribution in [-0.4, -0.2) is 21.5 Å². The molecule has 0 aliphatic rings. The lowest BCUT2D eigenvalue weighted by atomic mass is 10.1. The molecule has 2 rings (SSSR count). The number of hydrogen-bond acceptors (Lipinski definition) is 5. The highest BCUT2D eigenvalue weighted by molar-refractivity contribution is 7.99. The molecule has 3 N–H and O–H groups in total. The number of nitrogens with two attached hydrogens (primary N) is 1. The van der Waals surface area contributed by atoms with E-state index in [0.717, 1.165) is 0 Å². The van der Waals surface area contributed by atoms with Gasteiger partial charge < -0.3 is 10.7 Å². The van der Waals surface area contributed by atoms with E-state index >= 15 is 0 Å². The molecule has 1 aromatic heterocycles. The molecule has 0 saturated carbocycles. The summed E-state index contributed by atoms with van der Waals surface area (Å²) in [6, 6.07) is 6.69. The highest BCUT2D eigenvalue weighted by Crippen LogP contribution is 2.15. The number of hydrogen-bond donors (Lipinski definition) is 2. The molecule has 1 heterocycles. The van der Waals surface area contributed by atoms with Crippen molar-refractivity contribution in [3.05, 3.63) is 52.1 Å². The van der Waals surface area contributed by atoms with Crippen LogP contribution in [0.15, 0.2) is 40.3 Å². The molecule has 0 unspecified atom stereocenters. The first kappa shape index (κ1) is 15.2. The summed E-state index contributed by atoms with van der Waals surface area (Å²) in [4.78, 5) is 29.6. The first-order valence-corrected chi connectivity index (χ1v) is 7.31. The number of anilines is 1. The number of aromatic amines is 1. The second kappa shape index (κ2) is 7.03. The number of Topliss-reactive ketones (excluding diaryl/α,β-unsaturated/α-hetero) is 1. The Morgan fingerprint density at radius 2 is 2.05 bits per heavy atom. The van der Waals surface area contributed by atoms with Crippen LogP contribution in [0.1, 0.15) is 23.2 Å². The SMILES string of the molecule is Nc1cc(=O)[nH]c(SCCCC(=O)c2ccc(F)cc2)n1. The number of halogens is 1. The molecule has 1 aromatic carbocycles. The van der Waals surface area contributed by atoms with Gasteiger partial charge in [-0.2, -0.15) is 0 Å². The third-order valence-corrected chi connectivity index (χ3v) is 3.65. The monoisotopic (exact) mass is 307 g/mol. The van der Waals surface area contributed by atoms with Gasteiger partial charge in [0, 0.05) is 23.8 Å². The minimum Gasteiger partial charge on any atom is -0.383 e. The Morgan fingerprint density at radius 1 is 1.33 bits per heavy atom. The van der Waals surface area contributed by atoms with E-state index in [9.17, 15) is 14.0 Å². The Bertz CT molecular complexity index is 685. The minimum absolute atomic E-state index is 0.0374. The molecule has 7 heteroatoms. The molecular weight excluding hydrogens is 293 g/mol. The first-order valence-electron chi connectivity index (χ1n) is 6.33. The number of nitrogens with one attached hydrogen (secondary N) is 1. The lowest BCUT2D eigenvalue weighted by molar-refractivity contribution is 0.0982. The third-order valence-electron chi connectivity index (χ3n) is 2.69. The summed E-state index contributed by atoms with van der Waals surface area (Å²) >= 11 is 1.33. The van der Waals surface area contributed by atoms with Crippen molar-refractivity contribution >= 4 is 23.4 Å². The number of nitrogen functional groups attached to an aromatic ring is 1. The Balaban J connectivity index is 1.80. The van der Waals surface area contributed by atoms with Crippen LogP contribution in [0.4, 0.5) is 10.2 Å². The number of ketones is 1. The molecule has 0 spiro atoms. The Kier molecular flexibility index (Phi) is 5.10. The summed E-state index contributed by atoms with van der Waals surface area (Å²) in [6.07, 6.45) is 0.977. The summed E-state index contributed by atoms with van der Waals surface area (Å²) in [5.74, 6) is 0.395. The van der Waals surface area contributed by atoms with Gasteiger partial charge in [-0.25, -0.2) is 9.37 Å². The van der Waals surface area contributed by atoms with E-state index in [1.807, 2.05) is 0 Å². The normalized spacial score (nSPS) is 10.5. The largest absolute Gasteiger partial charge is 0.383 e. The third kappa shape index (κ3) is 4.71. The molecule has 0 amide bonds. The van der Waals surface area contributed by atoms with Crippen molar-refractivity contribution < 1.29 is 9.18 Å². The molecule has 21 heavy (non-hydrogen) atoms. The van der Waals surface area contributed by atoms with Gasteiger partial charge in [0.15, 0.2) is 10.9 Å². The van der Waals surface area contributed by atoms with Crippen LogP contribution in [0.25, 0.3) is 0 Å². The van der Waals surface area contributed by atoms with Crippen LogP contribution in [0.2, 0.25) is 0 Å². The van der Waals surface area contributed by atoms with Gasteiger partial charge in [0.1, 0.15) is 11.6 Å². The van der Waals surface area contributed by atoms with E-state index in [1.54, 1.807) is 0 Å². The van der Waals surface area contributed by atoms with Crippen LogP contribution < -0.4 is 11.3 Å². The molecule has 0 saturated heterocycles. The van der Waals surface area contributed by atoms with E-state index in [0.29, 0.717) is 29.3 Å². The predicted molar refractivity (Wildman–Crippen MR) is 80.0 cm³/mol. The highest BCUT2D eigenvalue weighted by Gasteiger charge is 2.06. The Morgan fingerprint density at radius 3 is 2.71 bits per heavy atom. The molecule has 110 valence electrons. The first-order chi connectivity index (χ1) is 10.0. The zero-order valence-corrected chi connectivity index (χ0v) is 12.0. The van der Waals surface area contributed by atoms with E-state index in [1.165, 1.54) is 42.1 Å². The number of thioether (sulfide) groups is 1. The summed E-state index contributed by atoms with van der Waals surface area (Å²) in [5, 5.41) is 0.439. The summed E-state index contributed by atoms with van der Waals surface area (Å²) in [6.45, 7) is 0. The smallest absolute Gasteiger partial charge is 0.253 e. The van der Waals surface area contributed by atoms with Gasteiger partial charge >= 0.3 is 0 Å². The van der Waals surface area contributed by atoms with Crippen LogP contribution in [0.3, 0.4) is 0 Å². The number of rotatable bonds is 6. The summed E-state index contributed by atoms with van der Waals surface area (Å²) in [5.41, 5.74) is 5.67. The van der Waals surface area contributed by atoms with Gasteiger partial charge in [0.25, 0.3) is 5.56 Å². The van der Waals surface area contributed by atoms with Crippen molar-refractivity contribution in [2.75, 3.05) is 11.5 Å². The fourth-order valence-corrected chi connectivity index (χ4v) is 2.53. The number of benzene rings is 1. The number of H-pyrrole nitrogens is 1. The Hall–Kier alpha value is -2.15. The van der Waals surface area contributed by atoms with Gasteiger partial charge in [0.05, 0.1) is 0 Å². The molecular formula is C14H14FN3O2S. The Labute approximate surface area is 124 Å². The maximum absolute atomic E-state index is 12.7. The highest BCUT2D eigenvalue weighted by atomic mass is 32.2. The van der Waals surface area contributed by atoms with Crippen LogP contribution in [0.5, 0.6) is 0 Å². The van der Waals surface area contributed by atoms with E-state index in [4.69, 9.17) is 5.73 Å². The molecule has 0 atom stereocenters. The fraction of sp³-hybridized carbons (Fsp3) is 0.214. The quantitative estimate of drug-likeness (QED) is 0.370. The molecule has 0 bridgehead atoms. The predicted octanol–water partition coefficient (Wildman–Crippen LogP) is 2.25. The lowest BCUT2D eigenvalue weighted by Gasteiger charge is -2.02. The number of carbonyl (C=O) groups excluding carboxylic acids is 1. The van der Waals surface area contributed by atoms with E-state index in [2.05, 4.69) is 9.97 Å². The molecule has 2 aromatic rings. The second-order valence-electron chi connectivity index (χ2n) is 4.36. The molecule has 5 nitrogen and oxygen atoms in total. The van der Waals surface area contributed by atoms with E-state index < -0.39 is 0 Å². The lowest BCUT2D eigenvalue weighted by Crippen LogP contribution is -2.09. The van der Waals surface area contributed by atoms with E-state index in [-0.39, 0.29) is 23.0 Å². The number of aromatic nitrogens is 2. The maximum Gasteiger partial charge on any atom is 0.253 e. The molecule has 0 radical (unpaired) electrons. The zero-order valence-electron chi connectivity index (χ0n) is 11.1. The van der Waals surface area contributed by atoms with Gasteiger partial charge in [-0.05, 0) is 30.7 Å². The standard InChI is InChI=1S/C14H14FN3O2S/c15-10-5-3-9(4-6-10)11(19)2-1-7-21-14-17-12(16)8-13(20)18-14/h3-6,8H,1-2,7H2,(H3,16,17,18,20). The average Bonchev–Trinajstić information content (AvgIpc) is 2.43. The van der Waals surface area contributed by atoms with Crippen molar-refractivity contribution in [1.29, 1.82) is 0 Å². The molecule has 0 fully saturated rings. The average molecular weight is 307 g/mol. The van der Waals surface area contributed by atoms with Crippen LogP contribution in [0, 0.1) is 5.82 Å². The zero-order chi connectivity index (χ0) is 15.2. The summed E-state index contributed by atoms with van der Waals surface area (Å²) in [7, 11) is 0. The maximum atomic E-state index is 12.7. The second-order valence-corrected chi connectivity index (χ2v) is 5.44. The van der Waals surface area contributed by atoms with Crippen molar-refractivity contribution in [3.63, 3.8) is 0 Å². The van der Waals surface area contributed by atoms with Crippen molar-refractivity contribution in [2.24, 2.45) is 0 Å². The summed E-state index contributed by atoms with van der Waals surface area (Å²) < 4.78 is 12.7. The van der Waals surface area contributed by atoms with Gasteiger partial charge in [-0.1, -0.05) is 11.8 Å².